The van der Waals surface area contributed by atoms with E-state index in [0.717, 1.165) is 17.8 Å². The van der Waals surface area contributed by atoms with Crippen molar-refractivity contribution >= 4 is 0 Å². The summed E-state index contributed by atoms with van der Waals surface area (Å²) in [6.45, 7) is 5.33. The van der Waals surface area contributed by atoms with Crippen molar-refractivity contribution in [3.8, 4) is 11.5 Å². The zero-order valence-corrected chi connectivity index (χ0v) is 11.1. The van der Waals surface area contributed by atoms with Crippen LogP contribution in [0.3, 0.4) is 0 Å². The molecule has 2 rings (SSSR count). The van der Waals surface area contributed by atoms with Crippen LogP contribution in [0.1, 0.15) is 18.2 Å². The Labute approximate surface area is 112 Å². The fourth-order valence-corrected chi connectivity index (χ4v) is 1.76. The number of ether oxygens (including phenoxy) is 1. The van der Waals surface area contributed by atoms with E-state index in [4.69, 9.17) is 4.74 Å². The number of hydrogen-bond donors (Lipinski definition) is 1. The van der Waals surface area contributed by atoms with Gasteiger partial charge >= 0.3 is 0 Å². The highest BCUT2D eigenvalue weighted by Crippen LogP contribution is 2.25. The molecular weight excluding hydrogens is 243 g/mol. The van der Waals surface area contributed by atoms with Crippen LogP contribution in [-0.2, 0) is 6.54 Å². The van der Waals surface area contributed by atoms with Gasteiger partial charge in [0.05, 0.1) is 5.69 Å². The van der Waals surface area contributed by atoms with Crippen molar-refractivity contribution in [1.29, 1.82) is 0 Å². The summed E-state index contributed by atoms with van der Waals surface area (Å²) in [7, 11) is 0. The fourth-order valence-electron chi connectivity index (χ4n) is 1.76. The lowest BCUT2D eigenvalue weighted by Gasteiger charge is -2.10. The predicted octanol–water partition coefficient (Wildman–Crippen LogP) is 3.43. The number of rotatable bonds is 5. The number of nitrogens with one attached hydrogen (secondary N) is 1. The van der Waals surface area contributed by atoms with Gasteiger partial charge in [-0.1, -0.05) is 6.92 Å². The monoisotopic (exact) mass is 260 g/mol. The summed E-state index contributed by atoms with van der Waals surface area (Å²) in [6, 6.07) is 8.32. The predicted molar refractivity (Wildman–Crippen MR) is 72.8 cm³/mol. The summed E-state index contributed by atoms with van der Waals surface area (Å²) in [6.07, 6.45) is 1.70. The third kappa shape index (κ3) is 3.76. The lowest BCUT2D eigenvalue weighted by Crippen LogP contribution is -2.11. The molecule has 100 valence electrons. The molecule has 3 nitrogen and oxygen atoms in total. The number of pyridine rings is 1. The largest absolute Gasteiger partial charge is 0.455 e. The van der Waals surface area contributed by atoms with Crippen molar-refractivity contribution in [3.05, 3.63) is 53.6 Å². The summed E-state index contributed by atoms with van der Waals surface area (Å²) in [5, 5.41) is 3.16. The molecule has 19 heavy (non-hydrogen) atoms. The highest BCUT2D eigenvalue weighted by atomic mass is 19.1. The van der Waals surface area contributed by atoms with Crippen molar-refractivity contribution < 1.29 is 9.13 Å². The molecule has 0 saturated carbocycles. The molecule has 0 spiro atoms. The molecule has 0 unspecified atom stereocenters. The van der Waals surface area contributed by atoms with E-state index in [9.17, 15) is 4.39 Å². The molecule has 0 saturated heterocycles. The number of aryl methyl sites for hydroxylation is 1. The Morgan fingerprint density at radius 1 is 1.32 bits per heavy atom. The van der Waals surface area contributed by atoms with E-state index in [0.29, 0.717) is 18.0 Å². The number of halogens is 1. The van der Waals surface area contributed by atoms with Crippen LogP contribution in [0.2, 0.25) is 0 Å². The average molecular weight is 260 g/mol. The molecule has 0 amide bonds. The first-order valence-electron chi connectivity index (χ1n) is 6.28. The second-order valence-corrected chi connectivity index (χ2v) is 4.26. The fraction of sp³-hybridized carbons (Fsp3) is 0.267. The third-order valence-corrected chi connectivity index (χ3v) is 2.70. The van der Waals surface area contributed by atoms with Crippen molar-refractivity contribution in [1.82, 2.24) is 10.3 Å². The molecule has 0 radical (unpaired) electrons. The van der Waals surface area contributed by atoms with Gasteiger partial charge in [0.2, 0.25) is 0 Å². The first-order valence-corrected chi connectivity index (χ1v) is 6.28. The van der Waals surface area contributed by atoms with Crippen LogP contribution in [0.15, 0.2) is 36.5 Å². The lowest BCUT2D eigenvalue weighted by atomic mass is 10.2. The minimum absolute atomic E-state index is 0.299. The van der Waals surface area contributed by atoms with Gasteiger partial charge in [0.15, 0.2) is 0 Å². The topological polar surface area (TPSA) is 34.1 Å². The second-order valence-electron chi connectivity index (χ2n) is 4.26. The van der Waals surface area contributed by atoms with Crippen LogP contribution in [0.25, 0.3) is 0 Å². The second kappa shape index (κ2) is 6.29. The van der Waals surface area contributed by atoms with Gasteiger partial charge in [0.25, 0.3) is 0 Å². The van der Waals surface area contributed by atoms with Gasteiger partial charge < -0.3 is 10.1 Å². The van der Waals surface area contributed by atoms with E-state index in [1.54, 1.807) is 12.3 Å². The molecule has 0 aliphatic rings. The van der Waals surface area contributed by atoms with Crippen LogP contribution in [-0.4, -0.2) is 11.5 Å². The smallest absolute Gasteiger partial charge is 0.148 e. The SMILES string of the molecule is CCNCc1cc(F)cc(Oc2cccnc2C)c1. The summed E-state index contributed by atoms with van der Waals surface area (Å²) in [5.74, 6) is 0.832. The first kappa shape index (κ1) is 13.5. The highest BCUT2D eigenvalue weighted by Gasteiger charge is 2.05. The molecule has 0 aliphatic heterocycles. The Kier molecular flexibility index (Phi) is 4.47. The van der Waals surface area contributed by atoms with Crippen LogP contribution in [0, 0.1) is 12.7 Å². The van der Waals surface area contributed by atoms with E-state index < -0.39 is 0 Å². The van der Waals surface area contributed by atoms with E-state index in [2.05, 4.69) is 10.3 Å². The zero-order valence-electron chi connectivity index (χ0n) is 11.1. The minimum atomic E-state index is -0.299. The van der Waals surface area contributed by atoms with Crippen LogP contribution in [0.4, 0.5) is 4.39 Å². The summed E-state index contributed by atoms with van der Waals surface area (Å²) >= 11 is 0. The molecule has 4 heteroatoms. The normalized spacial score (nSPS) is 10.5. The van der Waals surface area contributed by atoms with E-state index in [1.165, 1.54) is 12.1 Å². The Bertz CT molecular complexity index is 558. The third-order valence-electron chi connectivity index (χ3n) is 2.70. The first-order chi connectivity index (χ1) is 9.19. The molecule has 0 aliphatic carbocycles. The van der Waals surface area contributed by atoms with Gasteiger partial charge in [-0.2, -0.15) is 0 Å². The molecule has 1 aromatic heterocycles. The van der Waals surface area contributed by atoms with E-state index in [1.807, 2.05) is 26.0 Å². The Morgan fingerprint density at radius 2 is 2.16 bits per heavy atom. The zero-order chi connectivity index (χ0) is 13.7. The molecule has 2 aromatic rings. The summed E-state index contributed by atoms with van der Waals surface area (Å²) in [4.78, 5) is 4.14. The van der Waals surface area contributed by atoms with Gasteiger partial charge in [0, 0.05) is 18.8 Å². The lowest BCUT2D eigenvalue weighted by molar-refractivity contribution is 0.469. The van der Waals surface area contributed by atoms with E-state index in [-0.39, 0.29) is 5.82 Å². The van der Waals surface area contributed by atoms with E-state index >= 15 is 0 Å². The van der Waals surface area contributed by atoms with Gasteiger partial charge in [-0.25, -0.2) is 4.39 Å². The molecule has 1 heterocycles. The average Bonchev–Trinajstić information content (AvgIpc) is 2.38. The van der Waals surface area contributed by atoms with Crippen LogP contribution < -0.4 is 10.1 Å². The van der Waals surface area contributed by atoms with Crippen molar-refractivity contribution in [2.45, 2.75) is 20.4 Å². The Balaban J connectivity index is 2.20. The quantitative estimate of drug-likeness (QED) is 0.894. The van der Waals surface area contributed by atoms with Crippen LogP contribution in [0.5, 0.6) is 11.5 Å². The summed E-state index contributed by atoms with van der Waals surface area (Å²) in [5.41, 5.74) is 1.64. The minimum Gasteiger partial charge on any atom is -0.455 e. The van der Waals surface area contributed by atoms with Gasteiger partial charge in [-0.05, 0) is 43.3 Å². The summed E-state index contributed by atoms with van der Waals surface area (Å²) < 4.78 is 19.2. The maximum absolute atomic E-state index is 13.5. The van der Waals surface area contributed by atoms with Crippen LogP contribution >= 0.6 is 0 Å². The van der Waals surface area contributed by atoms with Gasteiger partial charge in [-0.15, -0.1) is 0 Å². The molecule has 1 aromatic carbocycles. The van der Waals surface area contributed by atoms with Gasteiger partial charge in [0.1, 0.15) is 17.3 Å². The molecule has 1 N–H and O–H groups in total. The molecule has 0 atom stereocenters. The number of aromatic nitrogens is 1. The standard InChI is InChI=1S/C15H17FN2O/c1-3-17-10-12-7-13(16)9-14(8-12)19-15-5-4-6-18-11(15)2/h4-9,17H,3,10H2,1-2H3. The number of benzene rings is 1. The maximum Gasteiger partial charge on any atom is 0.148 e. The Morgan fingerprint density at radius 3 is 2.89 bits per heavy atom. The molecular formula is C15H17FN2O. The molecule has 0 bridgehead atoms. The van der Waals surface area contributed by atoms with Gasteiger partial charge in [-0.3, -0.25) is 4.98 Å². The molecule has 0 fully saturated rings. The number of nitrogens with zero attached hydrogens (tertiary/aromatic N) is 1. The van der Waals surface area contributed by atoms with Crippen molar-refractivity contribution in [3.63, 3.8) is 0 Å². The number of hydrogen-bond acceptors (Lipinski definition) is 3. The maximum atomic E-state index is 13.5. The Hall–Kier alpha value is -1.94. The van der Waals surface area contributed by atoms with Crippen molar-refractivity contribution in [2.75, 3.05) is 6.54 Å². The highest BCUT2D eigenvalue weighted by molar-refractivity contribution is 5.36. The van der Waals surface area contributed by atoms with Crippen molar-refractivity contribution in [2.24, 2.45) is 0 Å².